The smallest absolute Gasteiger partial charge is 0.310 e. The Bertz CT molecular complexity index is 267. The van der Waals surface area contributed by atoms with Gasteiger partial charge in [-0.3, -0.25) is 4.79 Å². The summed E-state index contributed by atoms with van der Waals surface area (Å²) in [6, 6.07) is 0. The molecule has 1 saturated carbocycles. The van der Waals surface area contributed by atoms with Crippen molar-refractivity contribution in [2.45, 2.75) is 96.3 Å². The van der Waals surface area contributed by atoms with Crippen LogP contribution in [0, 0.1) is 5.92 Å². The van der Waals surface area contributed by atoms with Crippen LogP contribution in [0.25, 0.3) is 0 Å². The Kier molecular flexibility index (Phi) is 11.2. The normalized spacial score (nSPS) is 15.8. The van der Waals surface area contributed by atoms with Gasteiger partial charge in [-0.15, -0.1) is 0 Å². The minimum absolute atomic E-state index is 0.146. The molecule has 0 aromatic carbocycles. The molecule has 0 heterocycles. The van der Waals surface area contributed by atoms with Gasteiger partial charge in [0.2, 0.25) is 0 Å². The second-order valence-corrected chi connectivity index (χ2v) is 6.53. The molecule has 1 fully saturated rings. The van der Waals surface area contributed by atoms with Crippen molar-refractivity contribution in [3.05, 3.63) is 12.8 Å². The number of rotatable bonds is 12. The van der Waals surface area contributed by atoms with E-state index in [0.29, 0.717) is 6.42 Å². The molecule has 0 aromatic heterocycles. The summed E-state index contributed by atoms with van der Waals surface area (Å²) in [6.45, 7) is 3.38. The first-order chi connectivity index (χ1) is 10.3. The maximum atomic E-state index is 11.1. The van der Waals surface area contributed by atoms with E-state index < -0.39 is 0 Å². The molecule has 0 radical (unpaired) electrons. The van der Waals surface area contributed by atoms with Crippen LogP contribution in [0.5, 0.6) is 0 Å². The van der Waals surface area contributed by atoms with Gasteiger partial charge in [0, 0.05) is 6.42 Å². The second kappa shape index (κ2) is 12.9. The van der Waals surface area contributed by atoms with E-state index in [1.54, 1.807) is 0 Å². The van der Waals surface area contributed by atoms with Crippen LogP contribution in [-0.2, 0) is 9.53 Å². The summed E-state index contributed by atoms with van der Waals surface area (Å²) < 4.78 is 4.69. The van der Waals surface area contributed by atoms with Gasteiger partial charge < -0.3 is 4.74 Å². The van der Waals surface area contributed by atoms with Crippen LogP contribution < -0.4 is 0 Å². The zero-order chi connectivity index (χ0) is 15.2. The van der Waals surface area contributed by atoms with Crippen LogP contribution in [0.15, 0.2) is 12.8 Å². The summed E-state index contributed by atoms with van der Waals surface area (Å²) in [5.74, 6) is 0.904. The Hall–Kier alpha value is -0.790. The van der Waals surface area contributed by atoms with E-state index >= 15 is 0 Å². The number of carbonyl (C=O) groups excluding carboxylic acids is 1. The van der Waals surface area contributed by atoms with Crippen molar-refractivity contribution in [1.29, 1.82) is 0 Å². The van der Waals surface area contributed by atoms with Crippen molar-refractivity contribution in [1.82, 2.24) is 0 Å². The second-order valence-electron chi connectivity index (χ2n) is 6.53. The van der Waals surface area contributed by atoms with Crippen LogP contribution >= 0.6 is 0 Å². The van der Waals surface area contributed by atoms with E-state index in [1.165, 1.54) is 83.3 Å². The maximum absolute atomic E-state index is 11.1. The number of ether oxygens (including phenoxy) is 1. The number of esters is 1. The van der Waals surface area contributed by atoms with E-state index in [-0.39, 0.29) is 5.97 Å². The average Bonchev–Trinajstić information content (AvgIpc) is 2.50. The first kappa shape index (κ1) is 18.3. The van der Waals surface area contributed by atoms with Gasteiger partial charge in [-0.25, -0.2) is 0 Å². The van der Waals surface area contributed by atoms with Gasteiger partial charge in [-0.1, -0.05) is 90.0 Å². The molecular weight excluding hydrogens is 260 g/mol. The van der Waals surface area contributed by atoms with Crippen molar-refractivity contribution in [3.63, 3.8) is 0 Å². The molecule has 0 bridgehead atoms. The molecule has 2 nitrogen and oxygen atoms in total. The molecule has 1 aliphatic carbocycles. The highest BCUT2D eigenvalue weighted by Gasteiger charge is 2.12. The lowest BCUT2D eigenvalue weighted by Crippen LogP contribution is -2.05. The molecule has 0 saturated heterocycles. The molecule has 0 spiro atoms. The highest BCUT2D eigenvalue weighted by atomic mass is 16.5. The molecule has 0 atom stereocenters. The van der Waals surface area contributed by atoms with E-state index in [4.69, 9.17) is 0 Å². The van der Waals surface area contributed by atoms with Crippen molar-refractivity contribution in [2.24, 2.45) is 5.92 Å². The fourth-order valence-corrected chi connectivity index (χ4v) is 3.39. The van der Waals surface area contributed by atoms with E-state index in [1.807, 2.05) is 0 Å². The van der Waals surface area contributed by atoms with Crippen LogP contribution in [0.3, 0.4) is 0 Å². The molecule has 21 heavy (non-hydrogen) atoms. The number of carbonyl (C=O) groups is 1. The summed E-state index contributed by atoms with van der Waals surface area (Å²) in [7, 11) is 0. The molecule has 0 N–H and O–H groups in total. The Morgan fingerprint density at radius 1 is 0.905 bits per heavy atom. The third kappa shape index (κ3) is 10.6. The van der Waals surface area contributed by atoms with Crippen LogP contribution in [-0.4, -0.2) is 5.97 Å². The summed E-state index contributed by atoms with van der Waals surface area (Å²) >= 11 is 0. The molecule has 0 unspecified atom stereocenters. The first-order valence-corrected chi connectivity index (χ1v) is 9.13. The Labute approximate surface area is 131 Å². The van der Waals surface area contributed by atoms with Gasteiger partial charge in [-0.05, 0) is 12.3 Å². The SMILES string of the molecule is C=COC(=O)CCCCCCCCCCC1CCCCC1. The van der Waals surface area contributed by atoms with Gasteiger partial charge in [0.15, 0.2) is 0 Å². The Morgan fingerprint density at radius 2 is 1.48 bits per heavy atom. The highest BCUT2D eigenvalue weighted by molar-refractivity contribution is 5.69. The van der Waals surface area contributed by atoms with Crippen molar-refractivity contribution < 1.29 is 9.53 Å². The van der Waals surface area contributed by atoms with Gasteiger partial charge in [0.05, 0.1) is 6.26 Å². The molecule has 0 amide bonds. The zero-order valence-electron chi connectivity index (χ0n) is 13.8. The van der Waals surface area contributed by atoms with Gasteiger partial charge >= 0.3 is 5.97 Å². The summed E-state index contributed by atoms with van der Waals surface area (Å²) in [5, 5.41) is 0. The quantitative estimate of drug-likeness (QED) is 0.245. The number of unbranched alkanes of at least 4 members (excludes halogenated alkanes) is 7. The fraction of sp³-hybridized carbons (Fsp3) is 0.842. The van der Waals surface area contributed by atoms with Gasteiger partial charge in [-0.2, -0.15) is 0 Å². The lowest BCUT2D eigenvalue weighted by Gasteiger charge is -2.21. The Morgan fingerprint density at radius 3 is 2.10 bits per heavy atom. The van der Waals surface area contributed by atoms with Crippen molar-refractivity contribution >= 4 is 5.97 Å². The van der Waals surface area contributed by atoms with Crippen LogP contribution in [0.2, 0.25) is 0 Å². The minimum atomic E-state index is -0.146. The number of hydrogen-bond donors (Lipinski definition) is 0. The molecular formula is C19H34O2. The standard InChI is InChI=1S/C19H34O2/c1-2-21-19(20)17-13-8-6-4-3-5-7-10-14-18-15-11-9-12-16-18/h2,18H,1,3-17H2. The lowest BCUT2D eigenvalue weighted by atomic mass is 9.85. The predicted molar refractivity (Wildman–Crippen MR) is 89.0 cm³/mol. The van der Waals surface area contributed by atoms with Crippen molar-refractivity contribution in [3.8, 4) is 0 Å². The molecule has 1 rings (SSSR count). The summed E-state index contributed by atoms with van der Waals surface area (Å²) in [4.78, 5) is 11.1. The van der Waals surface area contributed by atoms with E-state index in [2.05, 4.69) is 11.3 Å². The van der Waals surface area contributed by atoms with Crippen molar-refractivity contribution in [2.75, 3.05) is 0 Å². The number of hydrogen-bond acceptors (Lipinski definition) is 2. The monoisotopic (exact) mass is 294 g/mol. The maximum Gasteiger partial charge on any atom is 0.310 e. The van der Waals surface area contributed by atoms with Gasteiger partial charge in [0.1, 0.15) is 0 Å². The highest BCUT2D eigenvalue weighted by Crippen LogP contribution is 2.28. The van der Waals surface area contributed by atoms with E-state index in [0.717, 1.165) is 18.8 Å². The average molecular weight is 294 g/mol. The zero-order valence-corrected chi connectivity index (χ0v) is 13.8. The molecule has 1 aliphatic rings. The van der Waals surface area contributed by atoms with Crippen LogP contribution in [0.1, 0.15) is 96.3 Å². The van der Waals surface area contributed by atoms with E-state index in [9.17, 15) is 4.79 Å². The first-order valence-electron chi connectivity index (χ1n) is 9.13. The molecule has 0 aromatic rings. The Balaban J connectivity index is 1.76. The molecule has 122 valence electrons. The van der Waals surface area contributed by atoms with Crippen LogP contribution in [0.4, 0.5) is 0 Å². The molecule has 0 aliphatic heterocycles. The topological polar surface area (TPSA) is 26.3 Å². The third-order valence-corrected chi connectivity index (χ3v) is 4.68. The summed E-state index contributed by atoms with van der Waals surface area (Å²) in [6.07, 6.45) is 20.9. The lowest BCUT2D eigenvalue weighted by molar-refractivity contribution is -0.138. The molecule has 2 heteroatoms. The minimum Gasteiger partial charge on any atom is -0.435 e. The van der Waals surface area contributed by atoms with Gasteiger partial charge in [0.25, 0.3) is 0 Å². The predicted octanol–water partition coefficient (Wildman–Crippen LogP) is 6.15. The largest absolute Gasteiger partial charge is 0.435 e. The third-order valence-electron chi connectivity index (χ3n) is 4.68. The fourth-order valence-electron chi connectivity index (χ4n) is 3.39. The summed E-state index contributed by atoms with van der Waals surface area (Å²) in [5.41, 5.74) is 0.